The Bertz CT molecular complexity index is 1180. The van der Waals surface area contributed by atoms with Gasteiger partial charge in [0.2, 0.25) is 5.91 Å². The van der Waals surface area contributed by atoms with Crippen LogP contribution in [0.5, 0.6) is 0 Å². The van der Waals surface area contributed by atoms with E-state index in [2.05, 4.69) is 22.1 Å². The van der Waals surface area contributed by atoms with Crippen molar-refractivity contribution in [3.05, 3.63) is 52.6 Å². The van der Waals surface area contributed by atoms with Crippen LogP contribution in [-0.2, 0) is 11.2 Å². The van der Waals surface area contributed by atoms with Gasteiger partial charge in [-0.25, -0.2) is 9.59 Å². The molecule has 206 valence electrons. The maximum atomic E-state index is 12.7. The number of nitrogens with zero attached hydrogens (tertiary/aromatic N) is 5. The Morgan fingerprint density at radius 1 is 1.08 bits per heavy atom. The minimum Gasteiger partial charge on any atom is -0.338 e. The van der Waals surface area contributed by atoms with Gasteiger partial charge in [-0.1, -0.05) is 12.1 Å². The third-order valence-electron chi connectivity index (χ3n) is 7.46. The summed E-state index contributed by atoms with van der Waals surface area (Å²) in [5.74, 6) is 0.638. The molecule has 2 aliphatic rings. The monoisotopic (exact) mass is 524 g/mol. The molecule has 0 spiro atoms. The molecule has 0 radical (unpaired) electrons. The lowest BCUT2D eigenvalue weighted by molar-refractivity contribution is -0.137. The number of hydrogen-bond acceptors (Lipinski definition) is 7. The van der Waals surface area contributed by atoms with Crippen molar-refractivity contribution >= 4 is 17.8 Å². The van der Waals surface area contributed by atoms with Crippen molar-refractivity contribution in [3.8, 4) is 5.69 Å². The standard InChI is InChI=1S/C27H40N8O3/c1-19(34-10-8-21(17-28)18-34)16-20-4-6-22(7-5-20)35-11-9-23(31-26(35)38)30-25(37)33-14-12-32(13-15-33)24(36)27(2,3)29/h4-7,9,11,19,21H,8,10,12-18,28-29H2,1-3H3,(H,30,31,37,38). The van der Waals surface area contributed by atoms with Crippen molar-refractivity contribution in [2.75, 3.05) is 51.1 Å². The van der Waals surface area contributed by atoms with Crippen molar-refractivity contribution in [2.24, 2.45) is 17.4 Å². The van der Waals surface area contributed by atoms with Gasteiger partial charge < -0.3 is 21.3 Å². The summed E-state index contributed by atoms with van der Waals surface area (Å²) < 4.78 is 1.45. The first-order valence-electron chi connectivity index (χ1n) is 13.3. The smallest absolute Gasteiger partial charge is 0.338 e. The topological polar surface area (TPSA) is 143 Å². The van der Waals surface area contributed by atoms with Crippen LogP contribution < -0.4 is 22.5 Å². The zero-order valence-corrected chi connectivity index (χ0v) is 22.6. The van der Waals surface area contributed by atoms with Crippen molar-refractivity contribution in [1.82, 2.24) is 24.3 Å². The van der Waals surface area contributed by atoms with Crippen LogP contribution in [-0.4, -0.2) is 93.6 Å². The molecule has 5 N–H and O–H groups in total. The lowest BCUT2D eigenvalue weighted by Gasteiger charge is -2.37. The fourth-order valence-corrected chi connectivity index (χ4v) is 5.10. The van der Waals surface area contributed by atoms with Gasteiger partial charge in [0.15, 0.2) is 0 Å². The fraction of sp³-hybridized carbons (Fsp3) is 0.556. The number of anilines is 1. The van der Waals surface area contributed by atoms with Gasteiger partial charge in [0.25, 0.3) is 0 Å². The van der Waals surface area contributed by atoms with Crippen molar-refractivity contribution in [3.63, 3.8) is 0 Å². The summed E-state index contributed by atoms with van der Waals surface area (Å²) in [6, 6.07) is 9.59. The predicted octanol–water partition coefficient (Wildman–Crippen LogP) is 0.858. The highest BCUT2D eigenvalue weighted by Crippen LogP contribution is 2.20. The highest BCUT2D eigenvalue weighted by molar-refractivity contribution is 5.89. The van der Waals surface area contributed by atoms with Crippen LogP contribution in [0.1, 0.15) is 32.8 Å². The molecule has 1 aromatic carbocycles. The lowest BCUT2D eigenvalue weighted by atomic mass is 10.1. The molecule has 2 fully saturated rings. The number of nitrogens with one attached hydrogen (secondary N) is 1. The molecular weight excluding hydrogens is 484 g/mol. The summed E-state index contributed by atoms with van der Waals surface area (Å²) in [4.78, 5) is 47.6. The molecule has 11 nitrogen and oxygen atoms in total. The molecular formula is C27H40N8O3. The summed E-state index contributed by atoms with van der Waals surface area (Å²) in [5.41, 5.74) is 12.2. The van der Waals surface area contributed by atoms with Crippen LogP contribution in [0.2, 0.25) is 0 Å². The first-order chi connectivity index (χ1) is 18.0. The number of carbonyl (C=O) groups excluding carboxylic acids is 2. The first-order valence-corrected chi connectivity index (χ1v) is 13.3. The number of amides is 3. The minimum atomic E-state index is -0.945. The second kappa shape index (κ2) is 11.6. The summed E-state index contributed by atoms with van der Waals surface area (Å²) in [6.45, 7) is 10.0. The summed E-state index contributed by atoms with van der Waals surface area (Å²) >= 11 is 0. The maximum absolute atomic E-state index is 12.7. The van der Waals surface area contributed by atoms with Crippen molar-refractivity contribution in [2.45, 2.75) is 45.2 Å². The fourth-order valence-electron chi connectivity index (χ4n) is 5.10. The van der Waals surface area contributed by atoms with Crippen molar-refractivity contribution in [1.29, 1.82) is 0 Å². The molecule has 3 heterocycles. The number of urea groups is 1. The number of rotatable bonds is 7. The quantitative estimate of drug-likeness (QED) is 0.487. The van der Waals surface area contributed by atoms with E-state index in [0.717, 1.165) is 32.5 Å². The molecule has 0 bridgehead atoms. The predicted molar refractivity (Wildman–Crippen MR) is 147 cm³/mol. The minimum absolute atomic E-state index is 0.141. The lowest BCUT2D eigenvalue weighted by Crippen LogP contribution is -2.58. The third kappa shape index (κ3) is 6.58. The Morgan fingerprint density at radius 3 is 2.32 bits per heavy atom. The second-order valence-corrected chi connectivity index (χ2v) is 11.0. The van der Waals surface area contributed by atoms with Gasteiger partial charge in [0.1, 0.15) is 5.82 Å². The van der Waals surface area contributed by atoms with Crippen LogP contribution in [0.25, 0.3) is 5.69 Å². The van der Waals surface area contributed by atoms with E-state index in [0.29, 0.717) is 43.8 Å². The molecule has 3 amide bonds. The molecule has 0 aliphatic carbocycles. The normalized spacial score (nSPS) is 19.4. The molecule has 11 heteroatoms. The molecule has 2 saturated heterocycles. The van der Waals surface area contributed by atoms with E-state index in [-0.39, 0.29) is 17.8 Å². The molecule has 38 heavy (non-hydrogen) atoms. The van der Waals surface area contributed by atoms with E-state index in [1.807, 2.05) is 24.3 Å². The van der Waals surface area contributed by atoms with Gasteiger partial charge in [0.05, 0.1) is 11.2 Å². The molecule has 1 aromatic heterocycles. The average molecular weight is 525 g/mol. The number of likely N-dealkylation sites (tertiary alicyclic amines) is 1. The number of benzene rings is 1. The Morgan fingerprint density at radius 2 is 1.74 bits per heavy atom. The molecule has 2 atom stereocenters. The Labute approximate surface area is 223 Å². The largest absolute Gasteiger partial charge is 0.354 e. The van der Waals surface area contributed by atoms with E-state index >= 15 is 0 Å². The molecule has 2 aliphatic heterocycles. The number of nitrogens with two attached hydrogens (primary N) is 2. The van der Waals surface area contributed by atoms with E-state index in [4.69, 9.17) is 11.5 Å². The molecule has 4 rings (SSSR count). The molecule has 0 saturated carbocycles. The number of carbonyl (C=O) groups is 2. The van der Waals surface area contributed by atoms with Crippen LogP contribution >= 0.6 is 0 Å². The zero-order chi connectivity index (χ0) is 27.4. The number of aromatic nitrogens is 2. The van der Waals surface area contributed by atoms with Gasteiger partial charge in [-0.05, 0) is 76.4 Å². The summed E-state index contributed by atoms with van der Waals surface area (Å²) in [7, 11) is 0. The van der Waals surface area contributed by atoms with Gasteiger partial charge in [-0.15, -0.1) is 0 Å². The summed E-state index contributed by atoms with van der Waals surface area (Å²) in [5, 5.41) is 2.69. The van der Waals surface area contributed by atoms with Gasteiger partial charge >= 0.3 is 11.7 Å². The number of piperazine rings is 1. The Balaban J connectivity index is 1.32. The third-order valence-corrected chi connectivity index (χ3v) is 7.46. The van der Waals surface area contributed by atoms with Gasteiger partial charge in [-0.3, -0.25) is 19.6 Å². The highest BCUT2D eigenvalue weighted by Gasteiger charge is 2.31. The number of hydrogen-bond donors (Lipinski definition) is 3. The van der Waals surface area contributed by atoms with Crippen LogP contribution in [0.4, 0.5) is 10.6 Å². The zero-order valence-electron chi connectivity index (χ0n) is 22.6. The van der Waals surface area contributed by atoms with Gasteiger partial charge in [0, 0.05) is 45.0 Å². The van der Waals surface area contributed by atoms with Crippen LogP contribution in [0.3, 0.4) is 0 Å². The van der Waals surface area contributed by atoms with Gasteiger partial charge in [-0.2, -0.15) is 4.98 Å². The highest BCUT2D eigenvalue weighted by atomic mass is 16.2. The maximum Gasteiger partial charge on any atom is 0.354 e. The molecule has 2 aromatic rings. The van der Waals surface area contributed by atoms with Crippen LogP contribution in [0.15, 0.2) is 41.3 Å². The first kappa shape index (κ1) is 27.7. The summed E-state index contributed by atoms with van der Waals surface area (Å²) in [6.07, 6.45) is 3.71. The van der Waals surface area contributed by atoms with E-state index in [1.165, 1.54) is 10.1 Å². The van der Waals surface area contributed by atoms with E-state index < -0.39 is 11.2 Å². The SMILES string of the molecule is CC(Cc1ccc(-n2ccc(NC(=O)N3CCN(C(=O)C(C)(C)N)CC3)nc2=O)cc1)N1CCC(CN)C1. The molecule has 2 unspecified atom stereocenters. The van der Waals surface area contributed by atoms with E-state index in [9.17, 15) is 14.4 Å². The second-order valence-electron chi connectivity index (χ2n) is 11.0. The average Bonchev–Trinajstić information content (AvgIpc) is 3.38. The van der Waals surface area contributed by atoms with Crippen LogP contribution in [0, 0.1) is 5.92 Å². The van der Waals surface area contributed by atoms with Crippen molar-refractivity contribution < 1.29 is 9.59 Å². The Kier molecular flexibility index (Phi) is 8.49. The Hall–Kier alpha value is -3.28. The van der Waals surface area contributed by atoms with E-state index in [1.54, 1.807) is 35.9 Å².